The van der Waals surface area contributed by atoms with Crippen LogP contribution in [0.4, 0.5) is 0 Å². The first-order valence-corrected chi connectivity index (χ1v) is 9.78. The van der Waals surface area contributed by atoms with E-state index in [1.807, 2.05) is 19.9 Å². The van der Waals surface area contributed by atoms with Gasteiger partial charge in [0.1, 0.15) is 23.0 Å². The Balaban J connectivity index is 2.35. The van der Waals surface area contributed by atoms with E-state index in [2.05, 4.69) is 6.58 Å². The Kier molecular flexibility index (Phi) is 7.67. The van der Waals surface area contributed by atoms with Crippen LogP contribution in [0.5, 0.6) is 17.2 Å². The molecule has 31 heavy (non-hydrogen) atoms. The zero-order valence-corrected chi connectivity index (χ0v) is 17.9. The molecule has 0 radical (unpaired) electrons. The van der Waals surface area contributed by atoms with E-state index in [-0.39, 0.29) is 34.8 Å². The zero-order chi connectivity index (χ0) is 23.3. The number of rotatable bonds is 8. The number of phenolic OH excluding ortho intramolecular Hbond substituents is 3. The van der Waals surface area contributed by atoms with E-state index in [4.69, 9.17) is 0 Å². The van der Waals surface area contributed by atoms with Gasteiger partial charge in [-0.2, -0.15) is 0 Å². The third-order valence-corrected chi connectivity index (χ3v) is 4.82. The molecule has 2 aromatic rings. The summed E-state index contributed by atoms with van der Waals surface area (Å²) in [4.78, 5) is 12.7. The SMILES string of the molecule is C=C(C)C(O)Cc1cc(/C(O)=C/C(=O)c2cc(CC=C(C)C)c(O)cc2O)ccc1O. The predicted molar refractivity (Wildman–Crippen MR) is 120 cm³/mol. The molecule has 2 rings (SSSR count). The van der Waals surface area contributed by atoms with Gasteiger partial charge < -0.3 is 25.5 Å². The van der Waals surface area contributed by atoms with Crippen molar-refractivity contribution in [3.63, 3.8) is 0 Å². The molecular formula is C25H28O6. The highest BCUT2D eigenvalue weighted by Crippen LogP contribution is 2.30. The van der Waals surface area contributed by atoms with Gasteiger partial charge >= 0.3 is 0 Å². The second kappa shape index (κ2) is 10.00. The zero-order valence-electron chi connectivity index (χ0n) is 17.9. The molecule has 0 aliphatic carbocycles. The van der Waals surface area contributed by atoms with Gasteiger partial charge in [0.15, 0.2) is 5.78 Å². The molecule has 0 amide bonds. The molecule has 0 bridgehead atoms. The number of benzene rings is 2. The maximum atomic E-state index is 12.7. The van der Waals surface area contributed by atoms with Crippen molar-refractivity contribution in [3.8, 4) is 17.2 Å². The third-order valence-electron chi connectivity index (χ3n) is 4.82. The molecule has 6 nitrogen and oxygen atoms in total. The van der Waals surface area contributed by atoms with Gasteiger partial charge in [-0.25, -0.2) is 0 Å². The largest absolute Gasteiger partial charge is 0.508 e. The predicted octanol–water partition coefficient (Wildman–Crippen LogP) is 4.57. The quantitative estimate of drug-likeness (QED) is 0.183. The summed E-state index contributed by atoms with van der Waals surface area (Å²) in [6.07, 6.45) is 2.47. The molecule has 1 unspecified atom stereocenters. The number of aliphatic hydroxyl groups excluding tert-OH is 2. The summed E-state index contributed by atoms with van der Waals surface area (Å²) >= 11 is 0. The van der Waals surface area contributed by atoms with Crippen LogP contribution in [0.1, 0.15) is 47.8 Å². The lowest BCUT2D eigenvalue weighted by atomic mass is 9.98. The van der Waals surface area contributed by atoms with Crippen LogP contribution >= 0.6 is 0 Å². The second-order valence-corrected chi connectivity index (χ2v) is 7.79. The van der Waals surface area contributed by atoms with Crippen LogP contribution in [0.15, 0.2) is 60.2 Å². The van der Waals surface area contributed by atoms with Crippen molar-refractivity contribution in [2.24, 2.45) is 0 Å². The molecule has 6 heteroatoms. The Labute approximate surface area is 181 Å². The van der Waals surface area contributed by atoms with Crippen LogP contribution in [-0.4, -0.2) is 37.4 Å². The lowest BCUT2D eigenvalue weighted by Gasteiger charge is -2.13. The van der Waals surface area contributed by atoms with Crippen LogP contribution in [0.25, 0.3) is 5.76 Å². The highest BCUT2D eigenvalue weighted by atomic mass is 16.3. The number of aliphatic hydroxyl groups is 2. The van der Waals surface area contributed by atoms with E-state index >= 15 is 0 Å². The summed E-state index contributed by atoms with van der Waals surface area (Å²) < 4.78 is 0. The number of allylic oxidation sites excluding steroid dienone is 3. The van der Waals surface area contributed by atoms with Gasteiger partial charge in [0.05, 0.1) is 11.7 Å². The van der Waals surface area contributed by atoms with Crippen molar-refractivity contribution < 1.29 is 30.3 Å². The summed E-state index contributed by atoms with van der Waals surface area (Å²) in [7, 11) is 0. The summed E-state index contributed by atoms with van der Waals surface area (Å²) in [5, 5.41) is 50.6. The second-order valence-electron chi connectivity index (χ2n) is 7.79. The van der Waals surface area contributed by atoms with Crippen molar-refractivity contribution >= 4 is 11.5 Å². The molecule has 5 N–H and O–H groups in total. The summed E-state index contributed by atoms with van der Waals surface area (Å²) in [6.45, 7) is 9.15. The first-order chi connectivity index (χ1) is 14.5. The first-order valence-electron chi connectivity index (χ1n) is 9.78. The lowest BCUT2D eigenvalue weighted by Crippen LogP contribution is -2.11. The van der Waals surface area contributed by atoms with Gasteiger partial charge in [-0.3, -0.25) is 4.79 Å². The number of carbonyl (C=O) groups is 1. The summed E-state index contributed by atoms with van der Waals surface area (Å²) in [5.41, 5.74) is 2.63. The standard InChI is InChI=1S/C25H28O6/c1-14(2)5-6-17-10-19(25(31)13-23(17)29)24(30)12-22(28)16-7-8-20(26)18(9-16)11-21(27)15(3)4/h5,7-10,12-13,21,26-29,31H,3,6,11H2,1-2,4H3/b22-12-. The van der Waals surface area contributed by atoms with Gasteiger partial charge in [-0.15, -0.1) is 0 Å². The van der Waals surface area contributed by atoms with Gasteiger partial charge in [0.2, 0.25) is 0 Å². The smallest absolute Gasteiger partial charge is 0.193 e. The van der Waals surface area contributed by atoms with Gasteiger partial charge in [0.25, 0.3) is 0 Å². The molecule has 0 saturated heterocycles. The average molecular weight is 424 g/mol. The van der Waals surface area contributed by atoms with Crippen LogP contribution in [0.2, 0.25) is 0 Å². The van der Waals surface area contributed by atoms with Crippen LogP contribution in [0.3, 0.4) is 0 Å². The summed E-state index contributed by atoms with van der Waals surface area (Å²) in [6, 6.07) is 6.76. The van der Waals surface area contributed by atoms with E-state index < -0.39 is 17.6 Å². The highest BCUT2D eigenvalue weighted by molar-refractivity contribution is 6.09. The number of hydrogen-bond donors (Lipinski definition) is 5. The monoisotopic (exact) mass is 424 g/mol. The van der Waals surface area contributed by atoms with Gasteiger partial charge in [0, 0.05) is 24.1 Å². The van der Waals surface area contributed by atoms with Crippen molar-refractivity contribution in [2.45, 2.75) is 39.7 Å². The molecule has 0 spiro atoms. The van der Waals surface area contributed by atoms with Crippen molar-refractivity contribution in [3.05, 3.63) is 82.5 Å². The highest BCUT2D eigenvalue weighted by Gasteiger charge is 2.16. The molecule has 0 aromatic heterocycles. The number of hydrogen-bond acceptors (Lipinski definition) is 6. The Bertz CT molecular complexity index is 1060. The molecule has 0 aliphatic rings. The fraction of sp³-hybridized carbons (Fsp3) is 0.240. The number of phenols is 3. The molecule has 2 aromatic carbocycles. The molecule has 0 heterocycles. The Morgan fingerprint density at radius 1 is 1.00 bits per heavy atom. The van der Waals surface area contributed by atoms with E-state index in [1.165, 1.54) is 24.3 Å². The van der Waals surface area contributed by atoms with Crippen LogP contribution in [0, 0.1) is 0 Å². The van der Waals surface area contributed by atoms with Crippen LogP contribution in [-0.2, 0) is 12.8 Å². The molecule has 0 fully saturated rings. The maximum absolute atomic E-state index is 12.7. The van der Waals surface area contributed by atoms with Crippen molar-refractivity contribution in [1.82, 2.24) is 0 Å². The average Bonchev–Trinajstić information content (AvgIpc) is 2.68. The maximum Gasteiger partial charge on any atom is 0.193 e. The van der Waals surface area contributed by atoms with Crippen molar-refractivity contribution in [2.75, 3.05) is 0 Å². The topological polar surface area (TPSA) is 118 Å². The Morgan fingerprint density at radius 2 is 1.68 bits per heavy atom. The molecule has 0 aliphatic heterocycles. The molecular weight excluding hydrogens is 396 g/mol. The van der Waals surface area contributed by atoms with Crippen LogP contribution < -0.4 is 0 Å². The number of ketones is 1. The van der Waals surface area contributed by atoms with Crippen molar-refractivity contribution in [1.29, 1.82) is 0 Å². The minimum absolute atomic E-state index is 0.0525. The number of carbonyl (C=O) groups excluding carboxylic acids is 1. The van der Waals surface area contributed by atoms with Gasteiger partial charge in [-0.1, -0.05) is 23.8 Å². The van der Waals surface area contributed by atoms with E-state index in [9.17, 15) is 30.3 Å². The fourth-order valence-corrected chi connectivity index (χ4v) is 2.87. The summed E-state index contributed by atoms with van der Waals surface area (Å²) in [5.74, 6) is -1.59. The first kappa shape index (κ1) is 23.8. The number of aromatic hydroxyl groups is 3. The lowest BCUT2D eigenvalue weighted by molar-refractivity contribution is 0.104. The Hall–Kier alpha value is -3.51. The van der Waals surface area contributed by atoms with E-state index in [0.29, 0.717) is 23.1 Å². The minimum Gasteiger partial charge on any atom is -0.508 e. The molecule has 164 valence electrons. The molecule has 1 atom stereocenters. The minimum atomic E-state index is -0.859. The van der Waals surface area contributed by atoms with E-state index in [1.54, 1.807) is 6.92 Å². The van der Waals surface area contributed by atoms with Gasteiger partial charge in [-0.05, 0) is 62.6 Å². The Morgan fingerprint density at radius 3 is 2.29 bits per heavy atom. The van der Waals surface area contributed by atoms with E-state index in [0.717, 1.165) is 17.7 Å². The third kappa shape index (κ3) is 6.23. The fourth-order valence-electron chi connectivity index (χ4n) is 2.87. The molecule has 0 saturated carbocycles. The normalized spacial score (nSPS) is 12.3.